The number of aliphatic hydroxyl groups excluding tert-OH is 2. The lowest BCUT2D eigenvalue weighted by atomic mass is 9.97. The Kier molecular flexibility index (Phi) is 5.00. The quantitative estimate of drug-likeness (QED) is 0.658. The SMILES string of the molecule is CC(=O)NCC(O)C(O)c1ccc(C=O)cc1C. The predicted molar refractivity (Wildman–Crippen MR) is 66.2 cm³/mol. The molecule has 0 saturated carbocycles. The normalized spacial score (nSPS) is 13.8. The minimum absolute atomic E-state index is 0.0224. The van der Waals surface area contributed by atoms with Crippen molar-refractivity contribution in [3.8, 4) is 0 Å². The minimum Gasteiger partial charge on any atom is -0.388 e. The molecule has 0 aliphatic carbocycles. The van der Waals surface area contributed by atoms with E-state index in [0.717, 1.165) is 6.29 Å². The summed E-state index contributed by atoms with van der Waals surface area (Å²) in [4.78, 5) is 21.3. The van der Waals surface area contributed by atoms with Crippen molar-refractivity contribution in [2.45, 2.75) is 26.1 Å². The highest BCUT2D eigenvalue weighted by atomic mass is 16.3. The fraction of sp³-hybridized carbons (Fsp3) is 0.385. The molecule has 5 heteroatoms. The Balaban J connectivity index is 2.79. The second-order valence-corrected chi connectivity index (χ2v) is 4.18. The molecule has 18 heavy (non-hydrogen) atoms. The summed E-state index contributed by atoms with van der Waals surface area (Å²) >= 11 is 0. The molecule has 3 N–H and O–H groups in total. The number of rotatable bonds is 5. The van der Waals surface area contributed by atoms with Gasteiger partial charge < -0.3 is 15.5 Å². The molecule has 2 atom stereocenters. The van der Waals surface area contributed by atoms with E-state index in [0.29, 0.717) is 16.7 Å². The van der Waals surface area contributed by atoms with Gasteiger partial charge in [-0.1, -0.05) is 12.1 Å². The van der Waals surface area contributed by atoms with Gasteiger partial charge in [0.25, 0.3) is 0 Å². The largest absolute Gasteiger partial charge is 0.388 e. The maximum absolute atomic E-state index is 10.7. The van der Waals surface area contributed by atoms with E-state index in [1.807, 2.05) is 0 Å². The van der Waals surface area contributed by atoms with E-state index in [1.54, 1.807) is 25.1 Å². The zero-order valence-electron chi connectivity index (χ0n) is 10.4. The Morgan fingerprint density at radius 3 is 2.61 bits per heavy atom. The van der Waals surface area contributed by atoms with Gasteiger partial charge in [-0.3, -0.25) is 9.59 Å². The van der Waals surface area contributed by atoms with Crippen molar-refractivity contribution < 1.29 is 19.8 Å². The molecule has 98 valence electrons. The molecule has 0 radical (unpaired) electrons. The third kappa shape index (κ3) is 3.65. The molecule has 0 heterocycles. The van der Waals surface area contributed by atoms with E-state index in [-0.39, 0.29) is 12.5 Å². The lowest BCUT2D eigenvalue weighted by Gasteiger charge is -2.20. The van der Waals surface area contributed by atoms with Crippen LogP contribution in [-0.4, -0.2) is 35.1 Å². The van der Waals surface area contributed by atoms with Gasteiger partial charge in [0.15, 0.2) is 0 Å². The third-order valence-corrected chi connectivity index (χ3v) is 2.67. The summed E-state index contributed by atoms with van der Waals surface area (Å²) in [6.45, 7) is 3.06. The van der Waals surface area contributed by atoms with Gasteiger partial charge in [-0.2, -0.15) is 0 Å². The smallest absolute Gasteiger partial charge is 0.216 e. The van der Waals surface area contributed by atoms with Crippen molar-refractivity contribution in [3.05, 3.63) is 34.9 Å². The Morgan fingerprint density at radius 1 is 1.44 bits per heavy atom. The molecule has 5 nitrogen and oxygen atoms in total. The molecule has 2 unspecified atom stereocenters. The Bertz CT molecular complexity index is 445. The van der Waals surface area contributed by atoms with E-state index in [1.165, 1.54) is 6.92 Å². The van der Waals surface area contributed by atoms with Crippen molar-refractivity contribution in [3.63, 3.8) is 0 Å². The second kappa shape index (κ2) is 6.28. The van der Waals surface area contributed by atoms with Crippen LogP contribution >= 0.6 is 0 Å². The van der Waals surface area contributed by atoms with Crippen LogP contribution < -0.4 is 5.32 Å². The van der Waals surface area contributed by atoms with Gasteiger partial charge in [0.2, 0.25) is 5.91 Å². The molecule has 0 aliphatic rings. The minimum atomic E-state index is -1.10. The van der Waals surface area contributed by atoms with Gasteiger partial charge in [-0.25, -0.2) is 0 Å². The van der Waals surface area contributed by atoms with E-state index in [2.05, 4.69) is 5.32 Å². The van der Waals surface area contributed by atoms with Gasteiger partial charge in [-0.05, 0) is 24.1 Å². The number of aldehydes is 1. The highest BCUT2D eigenvalue weighted by molar-refractivity contribution is 5.75. The summed E-state index contributed by atoms with van der Waals surface area (Å²) in [6.07, 6.45) is -1.47. The van der Waals surface area contributed by atoms with Crippen LogP contribution in [0.1, 0.15) is 34.5 Å². The fourth-order valence-electron chi connectivity index (χ4n) is 1.67. The average molecular weight is 251 g/mol. The fourth-order valence-corrected chi connectivity index (χ4v) is 1.67. The van der Waals surface area contributed by atoms with E-state index >= 15 is 0 Å². The van der Waals surface area contributed by atoms with E-state index in [9.17, 15) is 19.8 Å². The Morgan fingerprint density at radius 2 is 2.11 bits per heavy atom. The van der Waals surface area contributed by atoms with Crippen LogP contribution in [0.5, 0.6) is 0 Å². The van der Waals surface area contributed by atoms with Gasteiger partial charge >= 0.3 is 0 Å². The monoisotopic (exact) mass is 251 g/mol. The van der Waals surface area contributed by atoms with Crippen LogP contribution in [0.4, 0.5) is 0 Å². The zero-order valence-corrected chi connectivity index (χ0v) is 10.4. The predicted octanol–water partition coefficient (Wildman–Crippen LogP) is 0.338. The summed E-state index contributed by atoms with van der Waals surface area (Å²) in [5.41, 5.74) is 1.77. The van der Waals surface area contributed by atoms with Crippen LogP contribution in [0.25, 0.3) is 0 Å². The van der Waals surface area contributed by atoms with Crippen LogP contribution in [0, 0.1) is 6.92 Å². The molecule has 1 aromatic carbocycles. The summed E-state index contributed by atoms with van der Waals surface area (Å²) in [5, 5.41) is 22.1. The first kappa shape index (κ1) is 14.3. The molecule has 1 rings (SSSR count). The number of amides is 1. The number of benzene rings is 1. The van der Waals surface area contributed by atoms with Crippen molar-refractivity contribution in [2.75, 3.05) is 6.54 Å². The molecule has 1 aromatic rings. The Labute approximate surface area is 105 Å². The summed E-state index contributed by atoms with van der Waals surface area (Å²) in [7, 11) is 0. The number of aliphatic hydroxyl groups is 2. The van der Waals surface area contributed by atoms with Crippen molar-refractivity contribution in [2.24, 2.45) is 0 Å². The molecule has 1 amide bonds. The van der Waals surface area contributed by atoms with Crippen LogP contribution in [0.2, 0.25) is 0 Å². The van der Waals surface area contributed by atoms with Crippen LogP contribution in [0.3, 0.4) is 0 Å². The number of hydrogen-bond acceptors (Lipinski definition) is 4. The standard InChI is InChI=1S/C13H17NO4/c1-8-5-10(7-15)3-4-11(8)13(18)12(17)6-14-9(2)16/h3-5,7,12-13,17-18H,6H2,1-2H3,(H,14,16). The summed E-state index contributed by atoms with van der Waals surface area (Å²) < 4.78 is 0. The first-order chi connectivity index (χ1) is 8.45. The molecular formula is C13H17NO4. The average Bonchev–Trinajstić information content (AvgIpc) is 2.34. The molecule has 0 spiro atoms. The number of hydrogen-bond donors (Lipinski definition) is 3. The first-order valence-electron chi connectivity index (χ1n) is 5.62. The zero-order chi connectivity index (χ0) is 13.7. The summed E-state index contributed by atoms with van der Waals surface area (Å²) in [5.74, 6) is -0.269. The molecule has 0 aliphatic heterocycles. The topological polar surface area (TPSA) is 86.6 Å². The first-order valence-corrected chi connectivity index (χ1v) is 5.62. The Hall–Kier alpha value is -1.72. The van der Waals surface area contributed by atoms with E-state index in [4.69, 9.17) is 0 Å². The maximum Gasteiger partial charge on any atom is 0.216 e. The van der Waals surface area contributed by atoms with Gasteiger partial charge in [0, 0.05) is 19.0 Å². The number of aryl methyl sites for hydroxylation is 1. The van der Waals surface area contributed by atoms with Crippen molar-refractivity contribution >= 4 is 12.2 Å². The second-order valence-electron chi connectivity index (χ2n) is 4.18. The van der Waals surface area contributed by atoms with Crippen molar-refractivity contribution in [1.29, 1.82) is 0 Å². The maximum atomic E-state index is 10.7. The summed E-state index contributed by atoms with van der Waals surface area (Å²) in [6, 6.07) is 4.81. The number of carbonyl (C=O) groups excluding carboxylic acids is 2. The van der Waals surface area contributed by atoms with Crippen LogP contribution in [0.15, 0.2) is 18.2 Å². The molecular weight excluding hydrogens is 234 g/mol. The molecule has 0 aromatic heterocycles. The lowest BCUT2D eigenvalue weighted by Crippen LogP contribution is -2.34. The lowest BCUT2D eigenvalue weighted by molar-refractivity contribution is -0.119. The van der Waals surface area contributed by atoms with Crippen molar-refractivity contribution in [1.82, 2.24) is 5.32 Å². The van der Waals surface area contributed by atoms with Crippen LogP contribution in [-0.2, 0) is 4.79 Å². The van der Waals surface area contributed by atoms with Gasteiger partial charge in [0.05, 0.1) is 0 Å². The third-order valence-electron chi connectivity index (χ3n) is 2.67. The molecule has 0 bridgehead atoms. The molecule has 0 fully saturated rings. The number of nitrogens with one attached hydrogen (secondary N) is 1. The van der Waals surface area contributed by atoms with E-state index < -0.39 is 12.2 Å². The number of carbonyl (C=O) groups is 2. The highest BCUT2D eigenvalue weighted by Gasteiger charge is 2.20. The van der Waals surface area contributed by atoms with Gasteiger partial charge in [-0.15, -0.1) is 0 Å². The van der Waals surface area contributed by atoms with Gasteiger partial charge in [0.1, 0.15) is 18.5 Å². The highest BCUT2D eigenvalue weighted by Crippen LogP contribution is 2.21. The molecule has 0 saturated heterocycles.